The van der Waals surface area contributed by atoms with E-state index in [0.29, 0.717) is 17.0 Å². The lowest BCUT2D eigenvalue weighted by atomic mass is 9.95. The number of ether oxygens (including phenoxy) is 1. The molecule has 0 fully saturated rings. The molecule has 0 spiro atoms. The molecule has 0 aromatic heterocycles. The first kappa shape index (κ1) is 18.0. The second kappa shape index (κ2) is 7.95. The van der Waals surface area contributed by atoms with Crippen LogP contribution in [0.25, 0.3) is 0 Å². The molecule has 0 saturated heterocycles. The van der Waals surface area contributed by atoms with Crippen molar-refractivity contribution in [1.29, 1.82) is 0 Å². The van der Waals surface area contributed by atoms with Gasteiger partial charge in [0.2, 0.25) is 0 Å². The smallest absolute Gasteiger partial charge is 0.303 e. The number of carboxylic acid groups (broad SMARTS) is 1. The number of carbonyl (C=O) groups is 3. The van der Waals surface area contributed by atoms with Crippen LogP contribution in [0.4, 0.5) is 5.69 Å². The first-order chi connectivity index (χ1) is 11.4. The van der Waals surface area contributed by atoms with Gasteiger partial charge in [0.25, 0.3) is 5.91 Å². The molecule has 1 aliphatic rings. The lowest BCUT2D eigenvalue weighted by Gasteiger charge is -2.25. The Morgan fingerprint density at radius 2 is 2.00 bits per heavy atom. The topological polar surface area (TPSA) is 92.7 Å². The summed E-state index contributed by atoms with van der Waals surface area (Å²) in [5, 5.41) is 11.5. The van der Waals surface area contributed by atoms with Crippen molar-refractivity contribution < 1.29 is 24.2 Å². The van der Waals surface area contributed by atoms with Crippen LogP contribution in [0.1, 0.15) is 61.9 Å². The Bertz CT molecular complexity index is 653. The van der Waals surface area contributed by atoms with E-state index in [-0.39, 0.29) is 24.5 Å². The van der Waals surface area contributed by atoms with Crippen molar-refractivity contribution >= 4 is 23.3 Å². The van der Waals surface area contributed by atoms with E-state index in [1.54, 1.807) is 19.1 Å². The van der Waals surface area contributed by atoms with Gasteiger partial charge in [-0.1, -0.05) is 19.8 Å². The minimum Gasteiger partial charge on any atom is -0.481 e. The molecule has 0 radical (unpaired) electrons. The van der Waals surface area contributed by atoms with Gasteiger partial charge in [-0.2, -0.15) is 0 Å². The molecule has 1 unspecified atom stereocenters. The Balaban J connectivity index is 2.31. The van der Waals surface area contributed by atoms with Gasteiger partial charge in [-0.15, -0.1) is 0 Å². The molecule has 1 heterocycles. The zero-order valence-electron chi connectivity index (χ0n) is 14.1. The largest absolute Gasteiger partial charge is 0.481 e. The zero-order chi connectivity index (χ0) is 17.7. The summed E-state index contributed by atoms with van der Waals surface area (Å²) in [4.78, 5) is 34.9. The number of aliphatic carboxylic acids is 1. The van der Waals surface area contributed by atoms with Crippen molar-refractivity contribution in [2.75, 3.05) is 5.32 Å². The van der Waals surface area contributed by atoms with Crippen LogP contribution in [0, 0.1) is 0 Å². The van der Waals surface area contributed by atoms with Gasteiger partial charge < -0.3 is 15.2 Å². The minimum atomic E-state index is -1.00. The molecule has 1 amide bonds. The molecule has 1 atom stereocenters. The van der Waals surface area contributed by atoms with Crippen LogP contribution < -0.4 is 10.1 Å². The van der Waals surface area contributed by atoms with Crippen LogP contribution in [0.3, 0.4) is 0 Å². The number of carboxylic acids is 1. The minimum absolute atomic E-state index is 0.0555. The number of Topliss-reactive ketones (excluding diaryl/α,β-unsaturated/α-hetero) is 1. The van der Waals surface area contributed by atoms with E-state index in [9.17, 15) is 14.4 Å². The maximum Gasteiger partial charge on any atom is 0.303 e. The van der Waals surface area contributed by atoms with Crippen LogP contribution in [-0.4, -0.2) is 28.9 Å². The Morgan fingerprint density at radius 3 is 2.67 bits per heavy atom. The highest BCUT2D eigenvalue weighted by atomic mass is 16.5. The van der Waals surface area contributed by atoms with Gasteiger partial charge in [0.15, 0.2) is 11.9 Å². The van der Waals surface area contributed by atoms with Gasteiger partial charge in [0.05, 0.1) is 12.1 Å². The van der Waals surface area contributed by atoms with Crippen molar-refractivity contribution in [3.05, 3.63) is 23.3 Å². The standard InChI is InChI=1S/C18H23NO5/c1-3-4-5-6-12-9-16-14(19-18(23)11(2)24-16)10-13(12)15(20)7-8-17(21)22/h9-11H,3-8H2,1-2H3,(H,19,23)(H,21,22). The maximum absolute atomic E-state index is 12.4. The van der Waals surface area contributed by atoms with Gasteiger partial charge >= 0.3 is 5.97 Å². The molecule has 1 aromatic rings. The van der Waals surface area contributed by atoms with Gasteiger partial charge in [0.1, 0.15) is 5.75 Å². The van der Waals surface area contributed by atoms with E-state index in [1.807, 2.05) is 0 Å². The van der Waals surface area contributed by atoms with Gasteiger partial charge in [-0.3, -0.25) is 14.4 Å². The number of nitrogens with one attached hydrogen (secondary N) is 1. The quantitative estimate of drug-likeness (QED) is 0.563. The summed E-state index contributed by atoms with van der Waals surface area (Å²) in [5.74, 6) is -0.924. The maximum atomic E-state index is 12.4. The van der Waals surface area contributed by atoms with Crippen LogP contribution in [0.15, 0.2) is 12.1 Å². The lowest BCUT2D eigenvalue weighted by molar-refractivity contribution is -0.137. The lowest BCUT2D eigenvalue weighted by Crippen LogP contribution is -2.34. The Labute approximate surface area is 141 Å². The van der Waals surface area contributed by atoms with Gasteiger partial charge in [-0.25, -0.2) is 0 Å². The number of benzene rings is 1. The molecule has 1 aliphatic heterocycles. The number of rotatable bonds is 8. The van der Waals surface area contributed by atoms with E-state index >= 15 is 0 Å². The Morgan fingerprint density at radius 1 is 1.25 bits per heavy atom. The third-order valence-corrected chi connectivity index (χ3v) is 4.05. The molecular formula is C18H23NO5. The number of unbranched alkanes of at least 4 members (excludes halogenated alkanes) is 2. The number of anilines is 1. The number of amides is 1. The van der Waals surface area contributed by atoms with Gasteiger partial charge in [0, 0.05) is 12.0 Å². The van der Waals surface area contributed by atoms with Crippen LogP contribution >= 0.6 is 0 Å². The third-order valence-electron chi connectivity index (χ3n) is 4.05. The molecule has 0 bridgehead atoms. The fourth-order valence-electron chi connectivity index (χ4n) is 2.68. The predicted octanol–water partition coefficient (Wildman–Crippen LogP) is 3.19. The molecule has 24 heavy (non-hydrogen) atoms. The second-order valence-corrected chi connectivity index (χ2v) is 6.03. The number of ketones is 1. The summed E-state index contributed by atoms with van der Waals surface area (Å²) in [7, 11) is 0. The monoisotopic (exact) mass is 333 g/mol. The molecular weight excluding hydrogens is 310 g/mol. The molecule has 6 heteroatoms. The van der Waals surface area contributed by atoms with E-state index in [2.05, 4.69) is 12.2 Å². The molecule has 1 aromatic carbocycles. The third kappa shape index (κ3) is 4.34. The zero-order valence-corrected chi connectivity index (χ0v) is 14.1. The highest BCUT2D eigenvalue weighted by Crippen LogP contribution is 2.34. The van der Waals surface area contributed by atoms with E-state index < -0.39 is 12.1 Å². The molecule has 2 rings (SSSR count). The molecule has 2 N–H and O–H groups in total. The summed E-state index contributed by atoms with van der Waals surface area (Å²) in [5.41, 5.74) is 1.79. The average molecular weight is 333 g/mol. The fourth-order valence-corrected chi connectivity index (χ4v) is 2.68. The van der Waals surface area contributed by atoms with Crippen molar-refractivity contribution in [2.45, 2.75) is 58.5 Å². The summed E-state index contributed by atoms with van der Waals surface area (Å²) < 4.78 is 5.61. The van der Waals surface area contributed by atoms with Crippen molar-refractivity contribution in [2.24, 2.45) is 0 Å². The molecule has 130 valence electrons. The van der Waals surface area contributed by atoms with E-state index in [0.717, 1.165) is 31.2 Å². The first-order valence-electron chi connectivity index (χ1n) is 8.31. The number of hydrogen-bond acceptors (Lipinski definition) is 4. The first-order valence-corrected chi connectivity index (χ1v) is 8.31. The van der Waals surface area contributed by atoms with E-state index in [4.69, 9.17) is 9.84 Å². The average Bonchev–Trinajstić information content (AvgIpc) is 2.53. The normalized spacial score (nSPS) is 16.1. The summed E-state index contributed by atoms with van der Waals surface area (Å²) in [6, 6.07) is 3.42. The van der Waals surface area contributed by atoms with Crippen LogP contribution in [0.2, 0.25) is 0 Å². The molecule has 0 saturated carbocycles. The predicted molar refractivity (Wildman–Crippen MR) is 89.6 cm³/mol. The number of aryl methyl sites for hydroxylation is 1. The number of hydrogen-bond donors (Lipinski definition) is 2. The van der Waals surface area contributed by atoms with Crippen molar-refractivity contribution in [3.8, 4) is 5.75 Å². The Hall–Kier alpha value is -2.37. The summed E-state index contributed by atoms with van der Waals surface area (Å²) >= 11 is 0. The summed E-state index contributed by atoms with van der Waals surface area (Å²) in [6.07, 6.45) is 2.95. The highest BCUT2D eigenvalue weighted by molar-refractivity contribution is 6.03. The fraction of sp³-hybridized carbons (Fsp3) is 0.500. The van der Waals surface area contributed by atoms with Crippen molar-refractivity contribution in [3.63, 3.8) is 0 Å². The highest BCUT2D eigenvalue weighted by Gasteiger charge is 2.26. The second-order valence-electron chi connectivity index (χ2n) is 6.03. The summed E-state index contributed by atoms with van der Waals surface area (Å²) in [6.45, 7) is 3.77. The van der Waals surface area contributed by atoms with Crippen LogP contribution in [-0.2, 0) is 16.0 Å². The Kier molecular flexibility index (Phi) is 5.95. The van der Waals surface area contributed by atoms with Crippen molar-refractivity contribution in [1.82, 2.24) is 0 Å². The number of carbonyl (C=O) groups excluding carboxylic acids is 2. The SMILES string of the molecule is CCCCCc1cc2c(cc1C(=O)CCC(=O)O)NC(=O)C(C)O2. The number of fused-ring (bicyclic) bond motifs is 1. The molecule has 0 aliphatic carbocycles. The van der Waals surface area contributed by atoms with E-state index in [1.165, 1.54) is 0 Å². The molecule has 6 nitrogen and oxygen atoms in total. The van der Waals surface area contributed by atoms with Crippen LogP contribution in [0.5, 0.6) is 5.75 Å². The van der Waals surface area contributed by atoms with Gasteiger partial charge in [-0.05, 0) is 37.5 Å².